The van der Waals surface area contributed by atoms with Crippen molar-refractivity contribution in [3.63, 3.8) is 0 Å². The SMILES string of the molecule is Cc1ccc2c(n1)C(=N)N(CC(=O)c1cc(C#N)c(O)c(C(C)(C)C)c1)C2. The molecule has 0 amide bonds. The molecule has 0 fully saturated rings. The van der Waals surface area contributed by atoms with Crippen molar-refractivity contribution in [3.8, 4) is 11.8 Å². The number of phenolic OH excluding ortho intramolecular Hbond substituents is 1. The fourth-order valence-corrected chi connectivity index (χ4v) is 3.20. The van der Waals surface area contributed by atoms with Gasteiger partial charge in [0.2, 0.25) is 0 Å². The average Bonchev–Trinajstić information content (AvgIpc) is 2.89. The highest BCUT2D eigenvalue weighted by molar-refractivity contribution is 6.04. The van der Waals surface area contributed by atoms with E-state index in [2.05, 4.69) is 4.98 Å². The van der Waals surface area contributed by atoms with Crippen molar-refractivity contribution in [3.05, 3.63) is 57.9 Å². The summed E-state index contributed by atoms with van der Waals surface area (Å²) >= 11 is 0. The van der Waals surface area contributed by atoms with E-state index in [0.29, 0.717) is 23.4 Å². The number of phenols is 1. The zero-order chi connectivity index (χ0) is 19.9. The van der Waals surface area contributed by atoms with Crippen LogP contribution in [0.2, 0.25) is 0 Å². The summed E-state index contributed by atoms with van der Waals surface area (Å²) in [5, 5.41) is 27.9. The van der Waals surface area contributed by atoms with E-state index < -0.39 is 5.41 Å². The third-order valence-corrected chi connectivity index (χ3v) is 4.71. The Balaban J connectivity index is 1.90. The Morgan fingerprint density at radius 1 is 1.37 bits per heavy atom. The lowest BCUT2D eigenvalue weighted by Crippen LogP contribution is -2.30. The number of aromatic hydroxyl groups is 1. The normalized spacial score (nSPS) is 13.4. The summed E-state index contributed by atoms with van der Waals surface area (Å²) < 4.78 is 0. The van der Waals surface area contributed by atoms with Crippen LogP contribution in [0.1, 0.15) is 59.2 Å². The highest BCUT2D eigenvalue weighted by Crippen LogP contribution is 2.34. The first-order valence-electron chi connectivity index (χ1n) is 8.73. The van der Waals surface area contributed by atoms with E-state index in [-0.39, 0.29) is 29.5 Å². The number of amidine groups is 1. The molecule has 138 valence electrons. The second-order valence-corrected chi connectivity index (χ2v) is 7.87. The second-order valence-electron chi connectivity index (χ2n) is 7.87. The molecule has 1 aromatic heterocycles. The van der Waals surface area contributed by atoms with Gasteiger partial charge in [-0.25, -0.2) is 4.98 Å². The number of hydrogen-bond donors (Lipinski definition) is 2. The number of ketones is 1. The van der Waals surface area contributed by atoms with Crippen molar-refractivity contribution in [2.75, 3.05) is 6.54 Å². The van der Waals surface area contributed by atoms with Gasteiger partial charge in [0.05, 0.1) is 12.1 Å². The summed E-state index contributed by atoms with van der Waals surface area (Å²) in [7, 11) is 0. The van der Waals surface area contributed by atoms with Crippen LogP contribution in [-0.2, 0) is 12.0 Å². The standard InChI is InChI=1S/C21H22N4O2/c1-12-5-6-13-10-25(20(23)18(13)24-12)11-17(26)14-7-15(9-22)19(27)16(8-14)21(2,3)4/h5-8,23,27H,10-11H2,1-4H3. The largest absolute Gasteiger partial charge is 0.506 e. The van der Waals surface area contributed by atoms with Gasteiger partial charge in [0.25, 0.3) is 0 Å². The lowest BCUT2D eigenvalue weighted by atomic mass is 9.83. The van der Waals surface area contributed by atoms with Gasteiger partial charge in [-0.3, -0.25) is 10.2 Å². The van der Waals surface area contributed by atoms with Crippen molar-refractivity contribution in [1.82, 2.24) is 9.88 Å². The van der Waals surface area contributed by atoms with Gasteiger partial charge in [0, 0.05) is 28.9 Å². The molecule has 0 radical (unpaired) electrons. The molecule has 0 saturated carbocycles. The van der Waals surface area contributed by atoms with Crippen LogP contribution in [0.3, 0.4) is 0 Å². The zero-order valence-corrected chi connectivity index (χ0v) is 15.9. The number of nitrogens with one attached hydrogen (secondary N) is 1. The number of pyridine rings is 1. The van der Waals surface area contributed by atoms with E-state index in [4.69, 9.17) is 5.41 Å². The van der Waals surface area contributed by atoms with E-state index >= 15 is 0 Å². The molecule has 27 heavy (non-hydrogen) atoms. The fraction of sp³-hybridized carbons (Fsp3) is 0.333. The van der Waals surface area contributed by atoms with Crippen LogP contribution in [0.5, 0.6) is 5.75 Å². The van der Waals surface area contributed by atoms with Crippen molar-refractivity contribution < 1.29 is 9.90 Å². The number of fused-ring (bicyclic) bond motifs is 1. The molecule has 2 heterocycles. The number of Topliss-reactive ketones (excluding diaryl/α,β-unsaturated/α-hetero) is 1. The lowest BCUT2D eigenvalue weighted by Gasteiger charge is -2.22. The molecule has 0 unspecified atom stereocenters. The van der Waals surface area contributed by atoms with Crippen LogP contribution >= 0.6 is 0 Å². The summed E-state index contributed by atoms with van der Waals surface area (Å²) in [6.07, 6.45) is 0. The molecule has 2 N–H and O–H groups in total. The Labute approximate surface area is 158 Å². The van der Waals surface area contributed by atoms with Gasteiger partial charge < -0.3 is 10.0 Å². The predicted octanol–water partition coefficient (Wildman–Crippen LogP) is 3.29. The molecule has 6 heteroatoms. The lowest BCUT2D eigenvalue weighted by molar-refractivity contribution is 0.0962. The molecule has 2 aromatic rings. The number of nitriles is 1. The summed E-state index contributed by atoms with van der Waals surface area (Å²) in [6.45, 7) is 8.10. The van der Waals surface area contributed by atoms with Crippen LogP contribution in [0, 0.1) is 23.7 Å². The van der Waals surface area contributed by atoms with Crippen LogP contribution < -0.4 is 0 Å². The maximum atomic E-state index is 12.9. The number of carbonyl (C=O) groups is 1. The number of aromatic nitrogens is 1. The van der Waals surface area contributed by atoms with Crippen LogP contribution in [-0.4, -0.2) is 33.2 Å². The minimum absolute atomic E-state index is 0.0213. The van der Waals surface area contributed by atoms with Crippen molar-refractivity contribution in [2.24, 2.45) is 0 Å². The summed E-state index contributed by atoms with van der Waals surface area (Å²) in [6, 6.07) is 8.85. The maximum absolute atomic E-state index is 12.9. The maximum Gasteiger partial charge on any atom is 0.182 e. The number of rotatable bonds is 3. The Kier molecular flexibility index (Phi) is 4.48. The molecular weight excluding hydrogens is 340 g/mol. The molecule has 0 saturated heterocycles. The molecule has 3 rings (SSSR count). The van der Waals surface area contributed by atoms with Crippen LogP contribution in [0.4, 0.5) is 0 Å². The number of benzene rings is 1. The topological polar surface area (TPSA) is 101 Å². The fourth-order valence-electron chi connectivity index (χ4n) is 3.20. The molecular formula is C21H22N4O2. The third-order valence-electron chi connectivity index (χ3n) is 4.71. The minimum Gasteiger partial charge on any atom is -0.506 e. The molecule has 1 aliphatic rings. The van der Waals surface area contributed by atoms with Gasteiger partial charge in [-0.2, -0.15) is 5.26 Å². The van der Waals surface area contributed by atoms with E-state index in [1.165, 1.54) is 6.07 Å². The van der Waals surface area contributed by atoms with Gasteiger partial charge in [-0.15, -0.1) is 0 Å². The first-order valence-corrected chi connectivity index (χ1v) is 8.73. The predicted molar refractivity (Wildman–Crippen MR) is 102 cm³/mol. The van der Waals surface area contributed by atoms with Crippen LogP contribution in [0.25, 0.3) is 0 Å². The summed E-state index contributed by atoms with van der Waals surface area (Å²) in [5.41, 5.74) is 2.97. The number of nitrogens with zero attached hydrogens (tertiary/aromatic N) is 3. The molecule has 0 aliphatic carbocycles. The average molecular weight is 362 g/mol. The van der Waals surface area contributed by atoms with Gasteiger partial charge >= 0.3 is 0 Å². The number of carbonyl (C=O) groups excluding carboxylic acids is 1. The van der Waals surface area contributed by atoms with Crippen molar-refractivity contribution in [1.29, 1.82) is 10.7 Å². The van der Waals surface area contributed by atoms with Gasteiger partial charge in [0.15, 0.2) is 5.78 Å². The smallest absolute Gasteiger partial charge is 0.182 e. The Morgan fingerprint density at radius 2 is 2.07 bits per heavy atom. The first-order chi connectivity index (χ1) is 12.6. The first kappa shape index (κ1) is 18.6. The highest BCUT2D eigenvalue weighted by Gasteiger charge is 2.29. The second kappa shape index (κ2) is 6.51. The van der Waals surface area contributed by atoms with Crippen molar-refractivity contribution in [2.45, 2.75) is 39.7 Å². The van der Waals surface area contributed by atoms with Gasteiger partial charge in [-0.05, 0) is 30.5 Å². The van der Waals surface area contributed by atoms with E-state index in [9.17, 15) is 15.2 Å². The van der Waals surface area contributed by atoms with E-state index in [1.54, 1.807) is 11.0 Å². The zero-order valence-electron chi connectivity index (χ0n) is 15.9. The molecule has 1 aliphatic heterocycles. The Hall–Kier alpha value is -3.20. The molecule has 0 atom stereocenters. The highest BCUT2D eigenvalue weighted by atomic mass is 16.3. The van der Waals surface area contributed by atoms with E-state index in [1.807, 2.05) is 45.9 Å². The molecule has 1 aromatic carbocycles. The molecule has 6 nitrogen and oxygen atoms in total. The molecule has 0 spiro atoms. The monoisotopic (exact) mass is 362 g/mol. The summed E-state index contributed by atoms with van der Waals surface area (Å²) in [5.74, 6) is -0.0498. The number of hydrogen-bond acceptors (Lipinski definition) is 5. The Morgan fingerprint density at radius 3 is 2.70 bits per heavy atom. The molecule has 0 bridgehead atoms. The quantitative estimate of drug-likeness (QED) is 0.816. The van der Waals surface area contributed by atoms with E-state index in [0.717, 1.165) is 11.3 Å². The van der Waals surface area contributed by atoms with Crippen molar-refractivity contribution >= 4 is 11.6 Å². The number of aryl methyl sites for hydroxylation is 1. The summed E-state index contributed by atoms with van der Waals surface area (Å²) in [4.78, 5) is 18.9. The van der Waals surface area contributed by atoms with Gasteiger partial charge in [0.1, 0.15) is 23.3 Å². The van der Waals surface area contributed by atoms with Gasteiger partial charge in [-0.1, -0.05) is 26.8 Å². The Bertz CT molecular complexity index is 996. The third kappa shape index (κ3) is 3.41. The minimum atomic E-state index is -0.413. The van der Waals surface area contributed by atoms with Crippen LogP contribution in [0.15, 0.2) is 24.3 Å².